The minimum atomic E-state index is -3.57. The smallest absolute Gasteiger partial charge is 0.250 e. The van der Waals surface area contributed by atoms with Crippen LogP contribution in [0.5, 0.6) is 5.75 Å². The van der Waals surface area contributed by atoms with Gasteiger partial charge in [0, 0.05) is 20.2 Å². The molecule has 0 atom stereocenters. The molecule has 0 aliphatic carbocycles. The molecule has 8 heteroatoms. The van der Waals surface area contributed by atoms with Gasteiger partial charge in [0.05, 0.1) is 17.2 Å². The van der Waals surface area contributed by atoms with Gasteiger partial charge in [-0.25, -0.2) is 8.42 Å². The third-order valence-electron chi connectivity index (χ3n) is 3.75. The van der Waals surface area contributed by atoms with E-state index in [9.17, 15) is 13.2 Å². The predicted molar refractivity (Wildman–Crippen MR) is 90.7 cm³/mol. The number of hydrogen-bond donors (Lipinski definition) is 1. The average Bonchev–Trinajstić information content (AvgIpc) is 2.57. The number of methoxy groups -OCH3 is 1. The zero-order valence-corrected chi connectivity index (χ0v) is 14.9. The molecule has 0 unspecified atom stereocenters. The van der Waals surface area contributed by atoms with Gasteiger partial charge in [0.25, 0.3) is 0 Å². The van der Waals surface area contributed by atoms with Crippen LogP contribution < -0.4 is 10.1 Å². The van der Waals surface area contributed by atoms with E-state index in [0.29, 0.717) is 31.1 Å². The lowest BCUT2D eigenvalue weighted by molar-refractivity contribution is -0.119. The van der Waals surface area contributed by atoms with Crippen LogP contribution in [0.2, 0.25) is 0 Å². The van der Waals surface area contributed by atoms with Gasteiger partial charge in [-0.3, -0.25) is 4.79 Å². The first-order valence-corrected chi connectivity index (χ1v) is 9.49. The van der Waals surface area contributed by atoms with E-state index in [4.69, 9.17) is 9.47 Å². The molecule has 0 bridgehead atoms. The summed E-state index contributed by atoms with van der Waals surface area (Å²) in [6, 6.07) is 4.53. The largest absolute Gasteiger partial charge is 0.492 e. The SMILES string of the molecule is CCOc1ccc(S(=O)(=O)N2CCCCC2)cc1NC(=O)COC. The monoisotopic (exact) mass is 356 g/mol. The summed E-state index contributed by atoms with van der Waals surface area (Å²) in [4.78, 5) is 11.9. The van der Waals surface area contributed by atoms with Crippen LogP contribution in [0.4, 0.5) is 5.69 Å². The standard InChI is InChI=1S/C16H24N2O5S/c1-3-23-15-8-7-13(11-14(15)17-16(19)12-22-2)24(20,21)18-9-5-4-6-10-18/h7-8,11H,3-6,9-10,12H2,1-2H3,(H,17,19). The van der Waals surface area contributed by atoms with Crippen molar-refractivity contribution in [2.45, 2.75) is 31.1 Å². The lowest BCUT2D eigenvalue weighted by Crippen LogP contribution is -2.35. The molecule has 0 saturated carbocycles. The van der Waals surface area contributed by atoms with Gasteiger partial charge < -0.3 is 14.8 Å². The van der Waals surface area contributed by atoms with Crippen molar-refractivity contribution in [3.8, 4) is 5.75 Å². The fourth-order valence-electron chi connectivity index (χ4n) is 2.62. The van der Waals surface area contributed by atoms with Gasteiger partial charge in [0.15, 0.2) is 0 Å². The summed E-state index contributed by atoms with van der Waals surface area (Å²) in [5.41, 5.74) is 0.331. The zero-order valence-electron chi connectivity index (χ0n) is 14.1. The number of nitrogens with one attached hydrogen (secondary N) is 1. The third-order valence-corrected chi connectivity index (χ3v) is 5.65. The number of hydrogen-bond acceptors (Lipinski definition) is 5. The maximum atomic E-state index is 12.8. The average molecular weight is 356 g/mol. The van der Waals surface area contributed by atoms with Gasteiger partial charge in [0.2, 0.25) is 15.9 Å². The van der Waals surface area contributed by atoms with Crippen LogP contribution in [0.25, 0.3) is 0 Å². The maximum absolute atomic E-state index is 12.8. The molecule has 7 nitrogen and oxygen atoms in total. The summed E-state index contributed by atoms with van der Waals surface area (Å²) in [6.45, 7) is 3.17. The summed E-state index contributed by atoms with van der Waals surface area (Å²) in [5, 5.41) is 2.64. The molecule has 1 heterocycles. The summed E-state index contributed by atoms with van der Waals surface area (Å²) < 4.78 is 37.3. The predicted octanol–water partition coefficient (Wildman–Crippen LogP) is 1.84. The van der Waals surface area contributed by atoms with Gasteiger partial charge in [-0.15, -0.1) is 0 Å². The number of carbonyl (C=O) groups excluding carboxylic acids is 1. The Morgan fingerprint density at radius 3 is 2.58 bits per heavy atom. The number of amides is 1. The molecule has 0 aromatic heterocycles. The van der Waals surface area contributed by atoms with Crippen molar-refractivity contribution in [1.29, 1.82) is 0 Å². The van der Waals surface area contributed by atoms with Gasteiger partial charge in [0.1, 0.15) is 12.4 Å². The number of rotatable bonds is 7. The second-order valence-electron chi connectivity index (χ2n) is 5.54. The van der Waals surface area contributed by atoms with Crippen molar-refractivity contribution >= 4 is 21.6 Å². The first kappa shape index (κ1) is 18.7. The molecule has 24 heavy (non-hydrogen) atoms. The molecular formula is C16H24N2O5S. The molecule has 1 aromatic carbocycles. The third kappa shape index (κ3) is 4.46. The fraction of sp³-hybridized carbons (Fsp3) is 0.562. The highest BCUT2D eigenvalue weighted by atomic mass is 32.2. The maximum Gasteiger partial charge on any atom is 0.250 e. The van der Waals surface area contributed by atoms with Crippen molar-refractivity contribution in [2.75, 3.05) is 38.7 Å². The Kier molecular flexibility index (Phi) is 6.59. The Labute approximate surface area is 143 Å². The molecule has 1 fully saturated rings. The summed E-state index contributed by atoms with van der Waals surface area (Å²) in [5.74, 6) is 0.0607. The number of carbonyl (C=O) groups is 1. The van der Waals surface area contributed by atoms with Crippen LogP contribution in [0, 0.1) is 0 Å². The molecule has 1 aliphatic heterocycles. The molecule has 2 rings (SSSR count). The van der Waals surface area contributed by atoms with Crippen LogP contribution in [0.15, 0.2) is 23.1 Å². The van der Waals surface area contributed by atoms with Crippen molar-refractivity contribution in [1.82, 2.24) is 4.31 Å². The highest BCUT2D eigenvalue weighted by Gasteiger charge is 2.27. The summed E-state index contributed by atoms with van der Waals surface area (Å²) >= 11 is 0. The number of benzene rings is 1. The van der Waals surface area contributed by atoms with E-state index in [1.54, 1.807) is 6.07 Å². The first-order valence-electron chi connectivity index (χ1n) is 8.05. The van der Waals surface area contributed by atoms with Crippen molar-refractivity contribution in [3.05, 3.63) is 18.2 Å². The van der Waals surface area contributed by atoms with E-state index in [2.05, 4.69) is 5.32 Å². The fourth-order valence-corrected chi connectivity index (χ4v) is 4.16. The minimum absolute atomic E-state index is 0.116. The van der Waals surface area contributed by atoms with Gasteiger partial charge >= 0.3 is 0 Å². The van der Waals surface area contributed by atoms with Crippen molar-refractivity contribution in [2.24, 2.45) is 0 Å². The van der Waals surface area contributed by atoms with Crippen LogP contribution in [0.3, 0.4) is 0 Å². The Balaban J connectivity index is 2.31. The minimum Gasteiger partial charge on any atom is -0.492 e. The molecule has 134 valence electrons. The van der Waals surface area contributed by atoms with E-state index in [-0.39, 0.29) is 17.4 Å². The Bertz CT molecular complexity index is 669. The van der Waals surface area contributed by atoms with Crippen LogP contribution in [-0.2, 0) is 19.6 Å². The van der Waals surface area contributed by atoms with Crippen LogP contribution >= 0.6 is 0 Å². The number of piperidine rings is 1. The number of nitrogens with zero attached hydrogens (tertiary/aromatic N) is 1. The molecule has 1 amide bonds. The Morgan fingerprint density at radius 2 is 1.96 bits per heavy atom. The van der Waals surface area contributed by atoms with E-state index in [1.807, 2.05) is 6.92 Å². The molecule has 1 aromatic rings. The molecule has 0 spiro atoms. The van der Waals surface area contributed by atoms with E-state index in [1.165, 1.54) is 23.5 Å². The van der Waals surface area contributed by atoms with Gasteiger partial charge in [-0.05, 0) is 38.0 Å². The molecule has 1 aliphatic rings. The highest BCUT2D eigenvalue weighted by molar-refractivity contribution is 7.89. The number of ether oxygens (including phenoxy) is 2. The van der Waals surface area contributed by atoms with Crippen molar-refractivity contribution < 1.29 is 22.7 Å². The van der Waals surface area contributed by atoms with E-state index < -0.39 is 10.0 Å². The summed E-state index contributed by atoms with van der Waals surface area (Å²) in [6.07, 6.45) is 2.79. The van der Waals surface area contributed by atoms with E-state index >= 15 is 0 Å². The zero-order chi connectivity index (χ0) is 17.6. The summed E-state index contributed by atoms with van der Waals surface area (Å²) in [7, 11) is -2.15. The molecular weight excluding hydrogens is 332 g/mol. The molecule has 1 saturated heterocycles. The lowest BCUT2D eigenvalue weighted by Gasteiger charge is -2.26. The second-order valence-corrected chi connectivity index (χ2v) is 7.47. The highest BCUT2D eigenvalue weighted by Crippen LogP contribution is 2.30. The first-order chi connectivity index (χ1) is 11.5. The molecule has 1 N–H and O–H groups in total. The van der Waals surface area contributed by atoms with Gasteiger partial charge in [-0.2, -0.15) is 4.31 Å². The van der Waals surface area contributed by atoms with Crippen LogP contribution in [0.1, 0.15) is 26.2 Å². The second kappa shape index (κ2) is 8.46. The van der Waals surface area contributed by atoms with Gasteiger partial charge in [-0.1, -0.05) is 6.42 Å². The van der Waals surface area contributed by atoms with Crippen molar-refractivity contribution in [3.63, 3.8) is 0 Å². The Hall–Kier alpha value is -1.64. The quantitative estimate of drug-likeness (QED) is 0.806. The number of sulfonamides is 1. The topological polar surface area (TPSA) is 84.9 Å². The Morgan fingerprint density at radius 1 is 1.25 bits per heavy atom. The van der Waals surface area contributed by atoms with E-state index in [0.717, 1.165) is 19.3 Å². The number of anilines is 1. The molecule has 0 radical (unpaired) electrons. The lowest BCUT2D eigenvalue weighted by atomic mass is 10.2. The normalized spacial score (nSPS) is 15.9. The van der Waals surface area contributed by atoms with Crippen LogP contribution in [-0.4, -0.2) is 52.0 Å².